The predicted molar refractivity (Wildman–Crippen MR) is 78.8 cm³/mol. The molecule has 0 aliphatic carbocycles. The zero-order valence-electron chi connectivity index (χ0n) is 10.0. The van der Waals surface area contributed by atoms with E-state index in [4.69, 9.17) is 38.8 Å². The smallest absolute Gasteiger partial charge is 0.240 e. The number of hydrogen-bond acceptors (Lipinski definition) is 4. The summed E-state index contributed by atoms with van der Waals surface area (Å²) in [4.78, 5) is -0.199. The van der Waals surface area contributed by atoms with Crippen molar-refractivity contribution in [1.29, 1.82) is 0 Å². The molecule has 8 heteroatoms. The molecule has 5 nitrogen and oxygen atoms in total. The average Bonchev–Trinajstić information content (AvgIpc) is 2.35. The molecule has 0 bridgehead atoms. The topological polar surface area (TPSA) is 95.4 Å². The van der Waals surface area contributed by atoms with Gasteiger partial charge in [-0.2, -0.15) is 0 Å². The first-order chi connectivity index (χ1) is 9.29. The fraction of sp³-hybridized carbons (Fsp3) is 0. The summed E-state index contributed by atoms with van der Waals surface area (Å²) in [7, 11) is -3.92. The Hall–Kier alpha value is -1.47. The van der Waals surface area contributed by atoms with Crippen LogP contribution in [0.2, 0.25) is 10.0 Å². The summed E-state index contributed by atoms with van der Waals surface area (Å²) in [5.74, 6) is 0.535. The van der Waals surface area contributed by atoms with E-state index in [-0.39, 0.29) is 16.3 Å². The second-order valence-corrected chi connectivity index (χ2v) is 6.24. The monoisotopic (exact) mass is 332 g/mol. The minimum Gasteiger partial charge on any atom is -0.455 e. The van der Waals surface area contributed by atoms with Crippen molar-refractivity contribution in [3.05, 3.63) is 46.4 Å². The van der Waals surface area contributed by atoms with Gasteiger partial charge >= 0.3 is 0 Å². The maximum absolute atomic E-state index is 11.4. The van der Waals surface area contributed by atoms with Gasteiger partial charge < -0.3 is 10.5 Å². The van der Waals surface area contributed by atoms with E-state index in [1.165, 1.54) is 24.3 Å². The Labute approximate surface area is 126 Å². The minimum absolute atomic E-state index is 0.0685. The molecule has 0 aromatic heterocycles. The summed E-state index contributed by atoms with van der Waals surface area (Å²) in [5.41, 5.74) is 5.67. The Morgan fingerprint density at radius 1 is 1.05 bits per heavy atom. The number of primary sulfonamides is 1. The first-order valence-electron chi connectivity index (χ1n) is 5.33. The number of halogens is 2. The van der Waals surface area contributed by atoms with Gasteiger partial charge in [0, 0.05) is 6.07 Å². The van der Waals surface area contributed by atoms with Crippen molar-refractivity contribution in [2.75, 3.05) is 5.73 Å². The summed E-state index contributed by atoms with van der Waals surface area (Å²) in [6, 6.07) is 8.92. The van der Waals surface area contributed by atoms with Crippen LogP contribution in [0.3, 0.4) is 0 Å². The molecule has 2 aromatic carbocycles. The number of ether oxygens (including phenoxy) is 1. The lowest BCUT2D eigenvalue weighted by atomic mass is 10.3. The second-order valence-electron chi connectivity index (χ2n) is 3.89. The van der Waals surface area contributed by atoms with Gasteiger partial charge in [0.1, 0.15) is 10.6 Å². The highest BCUT2D eigenvalue weighted by molar-refractivity contribution is 7.89. The molecule has 0 aliphatic rings. The minimum atomic E-state index is -3.92. The quantitative estimate of drug-likeness (QED) is 0.844. The van der Waals surface area contributed by atoms with E-state index in [1.54, 1.807) is 12.1 Å². The molecule has 0 spiro atoms. The lowest BCUT2D eigenvalue weighted by molar-refractivity contribution is 0.483. The van der Waals surface area contributed by atoms with Gasteiger partial charge in [-0.1, -0.05) is 29.3 Å². The van der Waals surface area contributed by atoms with Crippen LogP contribution in [0.4, 0.5) is 5.69 Å². The van der Waals surface area contributed by atoms with Crippen LogP contribution in [0, 0.1) is 0 Å². The van der Waals surface area contributed by atoms with Crippen molar-refractivity contribution in [2.24, 2.45) is 5.14 Å². The molecule has 20 heavy (non-hydrogen) atoms. The molecule has 0 fully saturated rings. The van der Waals surface area contributed by atoms with E-state index in [1.807, 2.05) is 0 Å². The summed E-state index contributed by atoms with van der Waals surface area (Å²) in [6.45, 7) is 0. The lowest BCUT2D eigenvalue weighted by Crippen LogP contribution is -2.14. The number of hydrogen-bond donors (Lipinski definition) is 2. The zero-order chi connectivity index (χ0) is 14.9. The van der Waals surface area contributed by atoms with E-state index >= 15 is 0 Å². The van der Waals surface area contributed by atoms with Crippen LogP contribution in [-0.4, -0.2) is 8.42 Å². The van der Waals surface area contributed by atoms with Crippen molar-refractivity contribution in [1.82, 2.24) is 0 Å². The van der Waals surface area contributed by atoms with Crippen LogP contribution in [0.25, 0.3) is 0 Å². The van der Waals surface area contributed by atoms with E-state index in [0.29, 0.717) is 15.8 Å². The molecule has 0 aliphatic heterocycles. The number of nitrogens with two attached hydrogens (primary N) is 2. The third-order valence-corrected chi connectivity index (χ3v) is 4.16. The fourth-order valence-electron chi connectivity index (χ4n) is 1.53. The molecular weight excluding hydrogens is 323 g/mol. The number of para-hydroxylation sites is 1. The molecule has 0 amide bonds. The molecular formula is C12H10Cl2N2O3S. The number of benzene rings is 2. The molecule has 0 saturated heterocycles. The summed E-state index contributed by atoms with van der Waals surface area (Å²) in [5, 5.41) is 5.75. The average molecular weight is 333 g/mol. The van der Waals surface area contributed by atoms with Gasteiger partial charge in [-0.05, 0) is 24.3 Å². The summed E-state index contributed by atoms with van der Waals surface area (Å²) < 4.78 is 28.2. The number of anilines is 1. The number of nitrogen functional groups attached to an aromatic ring is 1. The zero-order valence-corrected chi connectivity index (χ0v) is 12.3. The lowest BCUT2D eigenvalue weighted by Gasteiger charge is -2.11. The molecule has 2 rings (SSSR count). The molecule has 0 atom stereocenters. The Bertz CT molecular complexity index is 763. The van der Waals surface area contributed by atoms with Gasteiger partial charge in [-0.3, -0.25) is 0 Å². The van der Waals surface area contributed by atoms with Gasteiger partial charge in [-0.15, -0.1) is 0 Å². The van der Waals surface area contributed by atoms with Gasteiger partial charge in [0.25, 0.3) is 0 Å². The van der Waals surface area contributed by atoms with Crippen LogP contribution in [0.15, 0.2) is 41.3 Å². The van der Waals surface area contributed by atoms with Gasteiger partial charge in [0.05, 0.1) is 15.7 Å². The van der Waals surface area contributed by atoms with Crippen LogP contribution < -0.4 is 15.6 Å². The SMILES string of the molecule is Nc1c(Oc2ccc(Cl)c(Cl)c2)cccc1S(N)(=O)=O. The molecule has 0 saturated carbocycles. The first-order valence-corrected chi connectivity index (χ1v) is 7.63. The third-order valence-electron chi connectivity index (χ3n) is 2.45. The molecule has 0 unspecified atom stereocenters. The highest BCUT2D eigenvalue weighted by Gasteiger charge is 2.16. The standard InChI is InChI=1S/C12H10Cl2N2O3S/c13-8-5-4-7(6-9(8)14)19-10-2-1-3-11(12(10)15)20(16,17)18/h1-6H,15H2,(H2,16,17,18). The fourth-order valence-corrected chi connectivity index (χ4v) is 2.49. The molecule has 106 valence electrons. The highest BCUT2D eigenvalue weighted by Crippen LogP contribution is 2.34. The van der Waals surface area contributed by atoms with Crippen LogP contribution in [-0.2, 0) is 10.0 Å². The third kappa shape index (κ3) is 3.16. The second kappa shape index (κ2) is 5.49. The molecule has 0 heterocycles. The maximum atomic E-state index is 11.4. The van der Waals surface area contributed by atoms with Gasteiger partial charge in [-0.25, -0.2) is 13.6 Å². The normalized spacial score (nSPS) is 11.3. The van der Waals surface area contributed by atoms with Crippen LogP contribution in [0.5, 0.6) is 11.5 Å². The highest BCUT2D eigenvalue weighted by atomic mass is 35.5. The largest absolute Gasteiger partial charge is 0.455 e. The number of sulfonamides is 1. The maximum Gasteiger partial charge on any atom is 0.240 e. The van der Waals surface area contributed by atoms with Crippen molar-refractivity contribution in [2.45, 2.75) is 4.90 Å². The van der Waals surface area contributed by atoms with E-state index < -0.39 is 10.0 Å². The van der Waals surface area contributed by atoms with Crippen molar-refractivity contribution in [3.63, 3.8) is 0 Å². The van der Waals surface area contributed by atoms with Crippen LogP contribution >= 0.6 is 23.2 Å². The Morgan fingerprint density at radius 3 is 2.35 bits per heavy atom. The van der Waals surface area contributed by atoms with E-state index in [0.717, 1.165) is 0 Å². The molecule has 0 radical (unpaired) electrons. The van der Waals surface area contributed by atoms with Crippen molar-refractivity contribution in [3.8, 4) is 11.5 Å². The van der Waals surface area contributed by atoms with Crippen LogP contribution in [0.1, 0.15) is 0 Å². The molecule has 2 aromatic rings. The Balaban J connectivity index is 2.42. The predicted octanol–water partition coefficient (Wildman–Crippen LogP) is 3.02. The summed E-state index contributed by atoms with van der Waals surface area (Å²) >= 11 is 11.7. The van der Waals surface area contributed by atoms with E-state index in [9.17, 15) is 8.42 Å². The summed E-state index contributed by atoms with van der Waals surface area (Å²) in [6.07, 6.45) is 0. The van der Waals surface area contributed by atoms with Gasteiger partial charge in [0.15, 0.2) is 5.75 Å². The van der Waals surface area contributed by atoms with Gasteiger partial charge in [0.2, 0.25) is 10.0 Å². The Kier molecular flexibility index (Phi) is 4.10. The van der Waals surface area contributed by atoms with E-state index in [2.05, 4.69) is 0 Å². The number of rotatable bonds is 3. The molecule has 4 N–H and O–H groups in total. The van der Waals surface area contributed by atoms with Crippen molar-refractivity contribution >= 4 is 38.9 Å². The first kappa shape index (κ1) is 14.9. The van der Waals surface area contributed by atoms with Crippen molar-refractivity contribution < 1.29 is 13.2 Å². The Morgan fingerprint density at radius 2 is 1.75 bits per heavy atom.